The van der Waals surface area contributed by atoms with Crippen LogP contribution in [-0.2, 0) is 6.54 Å². The van der Waals surface area contributed by atoms with Crippen LogP contribution in [0.3, 0.4) is 0 Å². The van der Waals surface area contributed by atoms with Crippen molar-refractivity contribution in [3.63, 3.8) is 0 Å². The summed E-state index contributed by atoms with van der Waals surface area (Å²) in [6, 6.07) is 5.44. The molecule has 0 saturated carbocycles. The molecule has 1 N–H and O–H groups in total. The van der Waals surface area contributed by atoms with Crippen molar-refractivity contribution >= 4 is 16.9 Å². The Labute approximate surface area is 130 Å². The molecule has 1 aromatic heterocycles. The van der Waals surface area contributed by atoms with Crippen molar-refractivity contribution < 1.29 is 4.79 Å². The van der Waals surface area contributed by atoms with Crippen LogP contribution in [0.1, 0.15) is 49.7 Å². The number of amides is 1. The summed E-state index contributed by atoms with van der Waals surface area (Å²) in [6.07, 6.45) is 1.98. The predicted molar refractivity (Wildman–Crippen MR) is 88.3 cm³/mol. The SMILES string of the molecule is CCCC(C)NC(=O)c1ccc2c(c1)nc(C)c(=O)n2CC. The number of carbonyl (C=O) groups excluding carboxylic acids is 1. The Bertz CT molecular complexity index is 749. The van der Waals surface area contributed by atoms with E-state index in [1.807, 2.05) is 13.8 Å². The van der Waals surface area contributed by atoms with E-state index in [1.54, 1.807) is 29.7 Å². The Morgan fingerprint density at radius 2 is 2.09 bits per heavy atom. The van der Waals surface area contributed by atoms with Gasteiger partial charge < -0.3 is 9.88 Å². The van der Waals surface area contributed by atoms with Crippen LogP contribution in [0, 0.1) is 6.92 Å². The normalized spacial score (nSPS) is 12.4. The van der Waals surface area contributed by atoms with Crippen molar-refractivity contribution in [2.75, 3.05) is 0 Å². The van der Waals surface area contributed by atoms with Gasteiger partial charge in [-0.25, -0.2) is 4.98 Å². The number of aryl methyl sites for hydroxylation is 2. The molecule has 0 aliphatic carbocycles. The number of nitrogens with zero attached hydrogens (tertiary/aromatic N) is 2. The molecule has 0 spiro atoms. The molecule has 0 aliphatic heterocycles. The molecular weight excluding hydrogens is 278 g/mol. The fourth-order valence-corrected chi connectivity index (χ4v) is 2.64. The summed E-state index contributed by atoms with van der Waals surface area (Å²) in [4.78, 5) is 28.7. The summed E-state index contributed by atoms with van der Waals surface area (Å²) < 4.78 is 1.68. The van der Waals surface area contributed by atoms with Crippen molar-refractivity contribution in [3.05, 3.63) is 39.8 Å². The molecule has 118 valence electrons. The second kappa shape index (κ2) is 6.73. The van der Waals surface area contributed by atoms with Gasteiger partial charge in [0.1, 0.15) is 5.69 Å². The summed E-state index contributed by atoms with van der Waals surface area (Å²) in [6.45, 7) is 8.30. The van der Waals surface area contributed by atoms with E-state index < -0.39 is 0 Å². The predicted octanol–water partition coefficient (Wildman–Crippen LogP) is 2.64. The van der Waals surface area contributed by atoms with E-state index in [4.69, 9.17) is 0 Å². The van der Waals surface area contributed by atoms with E-state index in [2.05, 4.69) is 17.2 Å². The van der Waals surface area contributed by atoms with Crippen LogP contribution in [0.25, 0.3) is 11.0 Å². The maximum atomic E-state index is 12.3. The number of carbonyl (C=O) groups is 1. The first kappa shape index (κ1) is 16.2. The minimum Gasteiger partial charge on any atom is -0.350 e. The molecule has 1 atom stereocenters. The fraction of sp³-hybridized carbons (Fsp3) is 0.471. The zero-order valence-corrected chi connectivity index (χ0v) is 13.6. The quantitative estimate of drug-likeness (QED) is 0.923. The van der Waals surface area contributed by atoms with Gasteiger partial charge in [0.05, 0.1) is 11.0 Å². The Hall–Kier alpha value is -2.17. The second-order valence-corrected chi connectivity index (χ2v) is 5.61. The first-order valence-electron chi connectivity index (χ1n) is 7.80. The van der Waals surface area contributed by atoms with Gasteiger partial charge in [-0.05, 0) is 45.4 Å². The van der Waals surface area contributed by atoms with Crippen LogP contribution in [0.15, 0.2) is 23.0 Å². The van der Waals surface area contributed by atoms with Gasteiger partial charge in [-0.2, -0.15) is 0 Å². The summed E-state index contributed by atoms with van der Waals surface area (Å²) in [5.74, 6) is -0.100. The molecule has 1 heterocycles. The van der Waals surface area contributed by atoms with E-state index in [9.17, 15) is 9.59 Å². The summed E-state index contributed by atoms with van der Waals surface area (Å²) >= 11 is 0. The summed E-state index contributed by atoms with van der Waals surface area (Å²) in [5.41, 5.74) is 2.38. The number of fused-ring (bicyclic) bond motifs is 1. The highest BCUT2D eigenvalue weighted by Crippen LogP contribution is 2.14. The number of hydrogen-bond acceptors (Lipinski definition) is 3. The van der Waals surface area contributed by atoms with Crippen molar-refractivity contribution in [2.24, 2.45) is 0 Å². The highest BCUT2D eigenvalue weighted by molar-refractivity contribution is 5.97. The summed E-state index contributed by atoms with van der Waals surface area (Å²) in [5, 5.41) is 2.98. The van der Waals surface area contributed by atoms with Crippen molar-refractivity contribution in [1.82, 2.24) is 14.9 Å². The first-order valence-corrected chi connectivity index (χ1v) is 7.80. The fourth-order valence-electron chi connectivity index (χ4n) is 2.64. The molecule has 5 nitrogen and oxygen atoms in total. The second-order valence-electron chi connectivity index (χ2n) is 5.61. The highest BCUT2D eigenvalue weighted by atomic mass is 16.1. The Morgan fingerprint density at radius 3 is 2.73 bits per heavy atom. The van der Waals surface area contributed by atoms with Crippen LogP contribution in [0.5, 0.6) is 0 Å². The van der Waals surface area contributed by atoms with Crippen molar-refractivity contribution in [3.8, 4) is 0 Å². The molecule has 0 bridgehead atoms. The average molecular weight is 301 g/mol. The first-order chi connectivity index (χ1) is 10.5. The van der Waals surface area contributed by atoms with Crippen molar-refractivity contribution in [2.45, 2.75) is 53.1 Å². The highest BCUT2D eigenvalue weighted by Gasteiger charge is 2.12. The molecule has 1 aromatic carbocycles. The standard InChI is InChI=1S/C17H23N3O2/c1-5-7-11(3)18-16(21)13-8-9-15-14(10-13)19-12(4)17(22)20(15)6-2/h8-11H,5-7H2,1-4H3,(H,18,21). The van der Waals surface area contributed by atoms with E-state index in [1.165, 1.54) is 0 Å². The van der Waals surface area contributed by atoms with E-state index in [-0.39, 0.29) is 17.5 Å². The minimum absolute atomic E-state index is 0.0798. The van der Waals surface area contributed by atoms with Crippen LogP contribution in [0.2, 0.25) is 0 Å². The third-order valence-electron chi connectivity index (χ3n) is 3.79. The van der Waals surface area contributed by atoms with Crippen LogP contribution in [0.4, 0.5) is 0 Å². The monoisotopic (exact) mass is 301 g/mol. The largest absolute Gasteiger partial charge is 0.350 e. The zero-order valence-electron chi connectivity index (χ0n) is 13.6. The number of aromatic nitrogens is 2. The van der Waals surface area contributed by atoms with Gasteiger partial charge in [0.15, 0.2) is 0 Å². The molecule has 22 heavy (non-hydrogen) atoms. The minimum atomic E-state index is -0.100. The maximum Gasteiger partial charge on any atom is 0.272 e. The Kier molecular flexibility index (Phi) is 4.96. The third-order valence-corrected chi connectivity index (χ3v) is 3.79. The topological polar surface area (TPSA) is 64.0 Å². The molecule has 2 rings (SSSR count). The molecule has 0 fully saturated rings. The van der Waals surface area contributed by atoms with Gasteiger partial charge in [-0.3, -0.25) is 9.59 Å². The number of rotatable bonds is 5. The lowest BCUT2D eigenvalue weighted by atomic mass is 10.1. The van der Waals surface area contributed by atoms with Gasteiger partial charge in [-0.1, -0.05) is 13.3 Å². The lowest BCUT2D eigenvalue weighted by Gasteiger charge is -2.14. The lowest BCUT2D eigenvalue weighted by Crippen LogP contribution is -2.32. The molecule has 1 amide bonds. The number of hydrogen-bond donors (Lipinski definition) is 1. The van der Waals surface area contributed by atoms with Gasteiger partial charge in [-0.15, -0.1) is 0 Å². The molecule has 0 saturated heterocycles. The molecule has 2 aromatic rings. The van der Waals surface area contributed by atoms with Gasteiger partial charge in [0.25, 0.3) is 11.5 Å². The number of nitrogens with one attached hydrogen (secondary N) is 1. The number of benzene rings is 1. The summed E-state index contributed by atoms with van der Waals surface area (Å²) in [7, 11) is 0. The lowest BCUT2D eigenvalue weighted by molar-refractivity contribution is 0.0938. The molecule has 1 unspecified atom stereocenters. The molecule has 0 aliphatic rings. The Balaban J connectivity index is 2.41. The van der Waals surface area contributed by atoms with E-state index >= 15 is 0 Å². The molecular formula is C17H23N3O2. The van der Waals surface area contributed by atoms with Gasteiger partial charge in [0, 0.05) is 18.2 Å². The van der Waals surface area contributed by atoms with E-state index in [0.29, 0.717) is 23.3 Å². The molecule has 0 radical (unpaired) electrons. The van der Waals surface area contributed by atoms with Crippen LogP contribution < -0.4 is 10.9 Å². The molecule has 5 heteroatoms. The van der Waals surface area contributed by atoms with E-state index in [0.717, 1.165) is 18.4 Å². The van der Waals surface area contributed by atoms with Crippen LogP contribution >= 0.6 is 0 Å². The smallest absolute Gasteiger partial charge is 0.272 e. The van der Waals surface area contributed by atoms with Crippen LogP contribution in [-0.4, -0.2) is 21.5 Å². The average Bonchev–Trinajstić information content (AvgIpc) is 2.48. The zero-order chi connectivity index (χ0) is 16.3. The van der Waals surface area contributed by atoms with Gasteiger partial charge in [0.2, 0.25) is 0 Å². The van der Waals surface area contributed by atoms with Gasteiger partial charge >= 0.3 is 0 Å². The maximum absolute atomic E-state index is 12.3. The Morgan fingerprint density at radius 1 is 1.36 bits per heavy atom. The van der Waals surface area contributed by atoms with Crippen molar-refractivity contribution in [1.29, 1.82) is 0 Å². The third kappa shape index (κ3) is 3.18.